The molecule has 6 heteroatoms. The molecule has 0 bridgehead atoms. The lowest BCUT2D eigenvalue weighted by Gasteiger charge is -2.57. The summed E-state index contributed by atoms with van der Waals surface area (Å²) in [5.74, 6) is 0.486. The summed E-state index contributed by atoms with van der Waals surface area (Å²) in [7, 11) is 0. The lowest BCUT2D eigenvalue weighted by Crippen LogP contribution is -2.70. The fourth-order valence-corrected chi connectivity index (χ4v) is 3.18. The van der Waals surface area contributed by atoms with Crippen molar-refractivity contribution in [2.45, 2.75) is 46.2 Å². The lowest BCUT2D eigenvalue weighted by molar-refractivity contribution is -0.0170. The first kappa shape index (κ1) is 16.4. The van der Waals surface area contributed by atoms with Crippen molar-refractivity contribution in [3.8, 4) is 0 Å². The Morgan fingerprint density at radius 3 is 2.55 bits per heavy atom. The monoisotopic (exact) mass is 306 g/mol. The van der Waals surface area contributed by atoms with Gasteiger partial charge in [-0.3, -0.25) is 4.90 Å². The summed E-state index contributed by atoms with van der Waals surface area (Å²) in [5, 5.41) is 9.68. The van der Waals surface area contributed by atoms with Gasteiger partial charge in [-0.25, -0.2) is 9.78 Å². The molecule has 2 rings (SSSR count). The highest BCUT2D eigenvalue weighted by molar-refractivity contribution is 5.68. The molecule has 2 heterocycles. The van der Waals surface area contributed by atoms with Crippen molar-refractivity contribution in [2.24, 2.45) is 5.41 Å². The van der Waals surface area contributed by atoms with Crippen molar-refractivity contribution < 1.29 is 9.90 Å². The van der Waals surface area contributed by atoms with E-state index >= 15 is 0 Å². The van der Waals surface area contributed by atoms with Crippen molar-refractivity contribution in [1.29, 1.82) is 0 Å². The van der Waals surface area contributed by atoms with E-state index in [1.807, 2.05) is 19.9 Å². The van der Waals surface area contributed by atoms with E-state index in [9.17, 15) is 9.90 Å². The van der Waals surface area contributed by atoms with E-state index in [0.29, 0.717) is 18.9 Å². The van der Waals surface area contributed by atoms with Gasteiger partial charge in [0.25, 0.3) is 0 Å². The van der Waals surface area contributed by atoms with E-state index in [0.717, 1.165) is 5.69 Å². The SMILES string of the molecule is CC1CN(c2ccc(N)nc2)CC(C)(C(C)(C)C)N1C(=O)O. The number of nitrogens with two attached hydrogens (primary N) is 1. The molecule has 6 nitrogen and oxygen atoms in total. The third-order valence-corrected chi connectivity index (χ3v) is 4.91. The fraction of sp³-hybridized carbons (Fsp3) is 0.625. The van der Waals surface area contributed by atoms with E-state index < -0.39 is 11.6 Å². The number of piperazine rings is 1. The Kier molecular flexibility index (Phi) is 3.98. The van der Waals surface area contributed by atoms with Gasteiger partial charge < -0.3 is 15.7 Å². The second kappa shape index (κ2) is 5.34. The molecular weight excluding hydrogens is 280 g/mol. The molecule has 0 saturated carbocycles. The third kappa shape index (κ3) is 2.69. The predicted molar refractivity (Wildman–Crippen MR) is 88.0 cm³/mol. The molecule has 1 aliphatic heterocycles. The maximum absolute atomic E-state index is 11.8. The molecule has 0 aromatic carbocycles. The predicted octanol–water partition coefficient (Wildman–Crippen LogP) is 2.66. The highest BCUT2D eigenvalue weighted by Crippen LogP contribution is 2.41. The number of pyridine rings is 1. The molecule has 2 unspecified atom stereocenters. The molecule has 2 atom stereocenters. The van der Waals surface area contributed by atoms with Crippen LogP contribution in [-0.2, 0) is 0 Å². The molecule has 122 valence electrons. The van der Waals surface area contributed by atoms with Crippen molar-refractivity contribution in [3.63, 3.8) is 0 Å². The summed E-state index contributed by atoms with van der Waals surface area (Å²) in [4.78, 5) is 19.7. The van der Waals surface area contributed by atoms with Gasteiger partial charge in [-0.15, -0.1) is 0 Å². The molecule has 1 aromatic rings. The molecule has 1 aliphatic rings. The van der Waals surface area contributed by atoms with Crippen LogP contribution in [0.15, 0.2) is 18.3 Å². The number of carbonyl (C=O) groups is 1. The Bertz CT molecular complexity index is 552. The second-order valence-corrected chi connectivity index (χ2v) is 7.35. The highest BCUT2D eigenvalue weighted by atomic mass is 16.4. The van der Waals surface area contributed by atoms with E-state index in [2.05, 4.69) is 30.7 Å². The fourth-order valence-electron chi connectivity index (χ4n) is 3.18. The van der Waals surface area contributed by atoms with E-state index in [4.69, 9.17) is 5.73 Å². The van der Waals surface area contributed by atoms with Crippen molar-refractivity contribution in [3.05, 3.63) is 18.3 Å². The minimum atomic E-state index is -0.861. The first-order valence-electron chi connectivity index (χ1n) is 7.55. The minimum Gasteiger partial charge on any atom is -0.465 e. The number of nitrogen functional groups attached to an aromatic ring is 1. The van der Waals surface area contributed by atoms with Crippen molar-refractivity contribution in [2.75, 3.05) is 23.7 Å². The normalized spacial score (nSPS) is 26.1. The second-order valence-electron chi connectivity index (χ2n) is 7.35. The van der Waals surface area contributed by atoms with Gasteiger partial charge in [0.2, 0.25) is 0 Å². The summed E-state index contributed by atoms with van der Waals surface area (Å²) in [6.07, 6.45) is 0.890. The van der Waals surface area contributed by atoms with Crippen LogP contribution in [0.25, 0.3) is 0 Å². The Labute approximate surface area is 131 Å². The van der Waals surface area contributed by atoms with Crippen molar-refractivity contribution in [1.82, 2.24) is 9.88 Å². The largest absolute Gasteiger partial charge is 0.465 e. The molecule has 1 fully saturated rings. The van der Waals surface area contributed by atoms with Crippen LogP contribution in [0.2, 0.25) is 0 Å². The molecule has 0 radical (unpaired) electrons. The van der Waals surface area contributed by atoms with Crippen LogP contribution in [0.3, 0.4) is 0 Å². The smallest absolute Gasteiger partial charge is 0.408 e. The number of anilines is 2. The standard InChI is InChI=1S/C16H26N4O2/c1-11-9-19(12-6-7-13(17)18-8-12)10-16(5,15(2,3)4)20(11)14(21)22/h6-8,11H,9-10H2,1-5H3,(H2,17,18)(H,21,22). The van der Waals surface area contributed by atoms with E-state index in [1.165, 1.54) is 0 Å². The molecule has 3 N–H and O–H groups in total. The number of hydrogen-bond donors (Lipinski definition) is 2. The maximum Gasteiger partial charge on any atom is 0.408 e. The number of aromatic nitrogens is 1. The summed E-state index contributed by atoms with van der Waals surface area (Å²) in [6, 6.07) is 3.61. The average Bonchev–Trinajstić information content (AvgIpc) is 2.36. The lowest BCUT2D eigenvalue weighted by atomic mass is 9.71. The number of amides is 1. The van der Waals surface area contributed by atoms with Gasteiger partial charge >= 0.3 is 6.09 Å². The van der Waals surface area contributed by atoms with Crippen LogP contribution < -0.4 is 10.6 Å². The van der Waals surface area contributed by atoms with Crippen LogP contribution in [0.4, 0.5) is 16.3 Å². The Hall–Kier alpha value is -1.98. The van der Waals surface area contributed by atoms with Gasteiger partial charge in [0.15, 0.2) is 0 Å². The summed E-state index contributed by atoms with van der Waals surface area (Å²) < 4.78 is 0. The minimum absolute atomic E-state index is 0.104. The first-order chi connectivity index (χ1) is 10.1. The van der Waals surface area contributed by atoms with Gasteiger partial charge in [-0.1, -0.05) is 20.8 Å². The Morgan fingerprint density at radius 1 is 1.45 bits per heavy atom. The van der Waals surface area contributed by atoms with Crippen LogP contribution in [-0.4, -0.2) is 45.8 Å². The molecule has 1 amide bonds. The summed E-state index contributed by atoms with van der Waals surface area (Å²) >= 11 is 0. The summed E-state index contributed by atoms with van der Waals surface area (Å²) in [6.45, 7) is 11.5. The summed E-state index contributed by atoms with van der Waals surface area (Å²) in [5.41, 5.74) is 5.93. The Morgan fingerprint density at radius 2 is 2.09 bits per heavy atom. The number of rotatable bonds is 1. The molecule has 1 saturated heterocycles. The number of nitrogens with zero attached hydrogens (tertiary/aromatic N) is 3. The van der Waals surface area contributed by atoms with Crippen molar-refractivity contribution >= 4 is 17.6 Å². The van der Waals surface area contributed by atoms with Crippen LogP contribution in [0.5, 0.6) is 0 Å². The zero-order valence-corrected chi connectivity index (χ0v) is 14.0. The maximum atomic E-state index is 11.8. The zero-order chi connectivity index (χ0) is 16.7. The quantitative estimate of drug-likeness (QED) is 0.833. The molecule has 1 aromatic heterocycles. The van der Waals surface area contributed by atoms with E-state index in [-0.39, 0.29) is 11.5 Å². The number of carboxylic acid groups (broad SMARTS) is 1. The zero-order valence-electron chi connectivity index (χ0n) is 14.0. The average molecular weight is 306 g/mol. The Balaban J connectivity index is 2.40. The topological polar surface area (TPSA) is 82.7 Å². The van der Waals surface area contributed by atoms with Gasteiger partial charge in [0.05, 0.1) is 23.5 Å². The molecular formula is C16H26N4O2. The first-order valence-corrected chi connectivity index (χ1v) is 7.55. The van der Waals surface area contributed by atoms with Crippen LogP contribution in [0.1, 0.15) is 34.6 Å². The highest BCUT2D eigenvalue weighted by Gasteiger charge is 2.51. The van der Waals surface area contributed by atoms with E-state index in [1.54, 1.807) is 17.2 Å². The van der Waals surface area contributed by atoms with Gasteiger partial charge in [-0.05, 0) is 31.4 Å². The molecule has 0 spiro atoms. The molecule has 0 aliphatic carbocycles. The number of hydrogen-bond acceptors (Lipinski definition) is 4. The van der Waals surface area contributed by atoms with Crippen LogP contribution in [0, 0.1) is 5.41 Å². The van der Waals surface area contributed by atoms with Gasteiger partial charge in [0.1, 0.15) is 5.82 Å². The third-order valence-electron chi connectivity index (χ3n) is 4.91. The van der Waals surface area contributed by atoms with Crippen LogP contribution >= 0.6 is 0 Å². The molecule has 22 heavy (non-hydrogen) atoms. The van der Waals surface area contributed by atoms with Gasteiger partial charge in [-0.2, -0.15) is 0 Å². The van der Waals surface area contributed by atoms with Gasteiger partial charge in [0, 0.05) is 13.1 Å².